The van der Waals surface area contributed by atoms with Gasteiger partial charge in [0.05, 0.1) is 20.3 Å². The van der Waals surface area contributed by atoms with Crippen LogP contribution in [0.1, 0.15) is 42.0 Å². The van der Waals surface area contributed by atoms with Crippen LogP contribution in [0.25, 0.3) is 0 Å². The van der Waals surface area contributed by atoms with E-state index >= 15 is 0 Å². The predicted molar refractivity (Wildman–Crippen MR) is 117 cm³/mol. The summed E-state index contributed by atoms with van der Waals surface area (Å²) in [4.78, 5) is 26.9. The molecule has 1 saturated carbocycles. The van der Waals surface area contributed by atoms with E-state index in [0.717, 1.165) is 29.5 Å². The van der Waals surface area contributed by atoms with Gasteiger partial charge in [0.25, 0.3) is 0 Å². The molecule has 7 heteroatoms. The van der Waals surface area contributed by atoms with Crippen molar-refractivity contribution >= 4 is 11.9 Å². The Labute approximate surface area is 182 Å². The van der Waals surface area contributed by atoms with Crippen molar-refractivity contribution in [2.75, 3.05) is 27.3 Å². The summed E-state index contributed by atoms with van der Waals surface area (Å²) in [5.41, 5.74) is 3.19. The largest absolute Gasteiger partial charge is 0.493 e. The number of fused-ring (bicyclic) bond motifs is 1. The molecule has 1 aliphatic heterocycles. The first-order valence-corrected chi connectivity index (χ1v) is 10.7. The van der Waals surface area contributed by atoms with E-state index < -0.39 is 0 Å². The van der Waals surface area contributed by atoms with Gasteiger partial charge in [-0.1, -0.05) is 30.3 Å². The highest BCUT2D eigenvalue weighted by Gasteiger charge is 2.33. The molecule has 1 fully saturated rings. The van der Waals surface area contributed by atoms with Crippen molar-refractivity contribution in [1.82, 2.24) is 15.5 Å². The Kier molecular flexibility index (Phi) is 6.30. The lowest BCUT2D eigenvalue weighted by Gasteiger charge is -2.38. The molecule has 2 aliphatic rings. The lowest BCUT2D eigenvalue weighted by atomic mass is 9.88. The van der Waals surface area contributed by atoms with E-state index in [1.54, 1.807) is 14.2 Å². The molecule has 7 nitrogen and oxygen atoms in total. The molecule has 0 unspecified atom stereocenters. The van der Waals surface area contributed by atoms with Crippen LogP contribution in [0, 0.1) is 0 Å². The molecule has 3 amide bonds. The summed E-state index contributed by atoms with van der Waals surface area (Å²) in [6, 6.07) is 13.8. The van der Waals surface area contributed by atoms with Crippen molar-refractivity contribution in [1.29, 1.82) is 0 Å². The van der Waals surface area contributed by atoms with Crippen LogP contribution in [0.15, 0.2) is 42.5 Å². The number of hydrogen-bond donors (Lipinski definition) is 2. The average Bonchev–Trinajstić information content (AvgIpc) is 3.61. The van der Waals surface area contributed by atoms with Gasteiger partial charge in [0.1, 0.15) is 0 Å². The number of rotatable bonds is 7. The highest BCUT2D eigenvalue weighted by Crippen LogP contribution is 2.40. The molecule has 0 aromatic heterocycles. The highest BCUT2D eigenvalue weighted by molar-refractivity contribution is 5.79. The zero-order chi connectivity index (χ0) is 21.8. The minimum Gasteiger partial charge on any atom is -0.493 e. The van der Waals surface area contributed by atoms with Crippen molar-refractivity contribution in [3.8, 4) is 11.5 Å². The van der Waals surface area contributed by atoms with Crippen molar-refractivity contribution in [2.45, 2.75) is 37.8 Å². The number of benzene rings is 2. The Hall–Kier alpha value is -3.22. The number of amides is 3. The van der Waals surface area contributed by atoms with E-state index in [-0.39, 0.29) is 24.4 Å². The molecule has 1 aliphatic carbocycles. The number of carbonyl (C=O) groups excluding carboxylic acids is 2. The normalized spacial score (nSPS) is 17.5. The highest BCUT2D eigenvalue weighted by atomic mass is 16.5. The molecule has 1 atom stereocenters. The Morgan fingerprint density at radius 1 is 1.06 bits per heavy atom. The third kappa shape index (κ3) is 4.76. The fourth-order valence-corrected chi connectivity index (χ4v) is 4.07. The molecular weight excluding hydrogens is 394 g/mol. The van der Waals surface area contributed by atoms with Gasteiger partial charge in [-0.3, -0.25) is 4.79 Å². The van der Waals surface area contributed by atoms with Crippen molar-refractivity contribution in [3.63, 3.8) is 0 Å². The maximum absolute atomic E-state index is 13.1. The monoisotopic (exact) mass is 423 g/mol. The molecule has 0 bridgehead atoms. The Bertz CT molecular complexity index is 943. The standard InChI is InChI=1S/C24H29N3O4/c1-30-20-14-17-11-13-27(24(29)25-12-10-22(28)26-18-8-9-18)23(16-6-4-3-5-7-16)19(17)15-21(20)31-2/h3-7,14-15,18,23H,8-13H2,1-2H3,(H,25,29)(H,26,28)/t23-/m1/s1. The van der Waals surface area contributed by atoms with Crippen LogP contribution in [0.3, 0.4) is 0 Å². The van der Waals surface area contributed by atoms with Crippen LogP contribution >= 0.6 is 0 Å². The van der Waals surface area contributed by atoms with E-state index in [4.69, 9.17) is 9.47 Å². The summed E-state index contributed by atoms with van der Waals surface area (Å²) in [7, 11) is 3.24. The first-order valence-electron chi connectivity index (χ1n) is 10.7. The van der Waals surface area contributed by atoms with Gasteiger partial charge in [0.15, 0.2) is 11.5 Å². The van der Waals surface area contributed by atoms with Gasteiger partial charge in [0, 0.05) is 25.6 Å². The molecule has 2 aromatic rings. The summed E-state index contributed by atoms with van der Waals surface area (Å²) in [6.45, 7) is 0.885. The van der Waals surface area contributed by atoms with Gasteiger partial charge in [-0.2, -0.15) is 0 Å². The second-order valence-corrected chi connectivity index (χ2v) is 7.99. The zero-order valence-corrected chi connectivity index (χ0v) is 18.0. The second-order valence-electron chi connectivity index (χ2n) is 7.99. The molecule has 164 valence electrons. The van der Waals surface area contributed by atoms with Crippen molar-refractivity contribution in [2.24, 2.45) is 0 Å². The molecular formula is C24H29N3O4. The molecule has 4 rings (SSSR count). The average molecular weight is 424 g/mol. The summed E-state index contributed by atoms with van der Waals surface area (Å²) < 4.78 is 11.0. The van der Waals surface area contributed by atoms with E-state index in [9.17, 15) is 9.59 Å². The van der Waals surface area contributed by atoms with E-state index in [2.05, 4.69) is 10.6 Å². The van der Waals surface area contributed by atoms with E-state index in [1.807, 2.05) is 47.4 Å². The quantitative estimate of drug-likeness (QED) is 0.718. The maximum atomic E-state index is 13.1. The van der Waals surface area contributed by atoms with Crippen molar-refractivity contribution in [3.05, 3.63) is 59.2 Å². The summed E-state index contributed by atoms with van der Waals surface area (Å²) in [5, 5.41) is 5.88. The van der Waals surface area contributed by atoms with Gasteiger partial charge in [-0.25, -0.2) is 4.79 Å². The summed E-state index contributed by atoms with van der Waals surface area (Å²) >= 11 is 0. The van der Waals surface area contributed by atoms with Crippen LogP contribution in [0.5, 0.6) is 11.5 Å². The molecule has 0 saturated heterocycles. The van der Waals surface area contributed by atoms with Crippen LogP contribution in [-0.2, 0) is 11.2 Å². The second kappa shape index (κ2) is 9.29. The Morgan fingerprint density at radius 2 is 1.77 bits per heavy atom. The third-order valence-corrected chi connectivity index (χ3v) is 5.82. The molecule has 2 aromatic carbocycles. The van der Waals surface area contributed by atoms with Crippen LogP contribution in [0.2, 0.25) is 0 Å². The van der Waals surface area contributed by atoms with Crippen molar-refractivity contribution < 1.29 is 19.1 Å². The number of hydrogen-bond acceptors (Lipinski definition) is 4. The minimum absolute atomic E-state index is 0.0109. The smallest absolute Gasteiger partial charge is 0.318 e. The minimum atomic E-state index is -0.245. The summed E-state index contributed by atoms with van der Waals surface area (Å²) in [6.07, 6.45) is 3.11. The number of methoxy groups -OCH3 is 2. The van der Waals surface area contributed by atoms with Gasteiger partial charge in [-0.15, -0.1) is 0 Å². The Morgan fingerprint density at radius 3 is 2.45 bits per heavy atom. The molecule has 2 N–H and O–H groups in total. The van der Waals surface area contributed by atoms with Crippen LogP contribution in [-0.4, -0.2) is 50.2 Å². The van der Waals surface area contributed by atoms with Gasteiger partial charge < -0.3 is 25.0 Å². The topological polar surface area (TPSA) is 79.9 Å². The van der Waals surface area contributed by atoms with E-state index in [0.29, 0.717) is 37.1 Å². The molecule has 1 heterocycles. The Balaban J connectivity index is 1.55. The molecule has 31 heavy (non-hydrogen) atoms. The first-order chi connectivity index (χ1) is 15.1. The third-order valence-electron chi connectivity index (χ3n) is 5.82. The van der Waals surface area contributed by atoms with Gasteiger partial charge in [0.2, 0.25) is 5.91 Å². The van der Waals surface area contributed by atoms with Gasteiger partial charge >= 0.3 is 6.03 Å². The van der Waals surface area contributed by atoms with E-state index in [1.165, 1.54) is 0 Å². The number of nitrogens with one attached hydrogen (secondary N) is 2. The fraction of sp³-hybridized carbons (Fsp3) is 0.417. The van der Waals surface area contributed by atoms with Crippen LogP contribution < -0.4 is 20.1 Å². The molecule has 0 spiro atoms. The zero-order valence-electron chi connectivity index (χ0n) is 18.0. The lowest BCUT2D eigenvalue weighted by molar-refractivity contribution is -0.121. The SMILES string of the molecule is COc1cc2c(cc1OC)[C@@H](c1ccccc1)N(C(=O)NCCC(=O)NC1CC1)CC2. The predicted octanol–water partition coefficient (Wildman–Crippen LogP) is 3.03. The number of nitrogens with zero attached hydrogens (tertiary/aromatic N) is 1. The maximum Gasteiger partial charge on any atom is 0.318 e. The fourth-order valence-electron chi connectivity index (χ4n) is 4.07. The summed E-state index contributed by atoms with van der Waals surface area (Å²) in [5.74, 6) is 1.32. The number of carbonyl (C=O) groups is 2. The number of urea groups is 1. The molecule has 0 radical (unpaired) electrons. The van der Waals surface area contributed by atoms with Crippen LogP contribution in [0.4, 0.5) is 4.79 Å². The first kappa shape index (κ1) is 21.0. The number of ether oxygens (including phenoxy) is 2. The lowest BCUT2D eigenvalue weighted by Crippen LogP contribution is -2.46. The van der Waals surface area contributed by atoms with Gasteiger partial charge in [-0.05, 0) is 48.1 Å².